The van der Waals surface area contributed by atoms with Gasteiger partial charge in [0.25, 0.3) is 0 Å². The van der Waals surface area contributed by atoms with Gasteiger partial charge in [-0.25, -0.2) is 0 Å². The van der Waals surface area contributed by atoms with E-state index in [4.69, 9.17) is 4.52 Å². The summed E-state index contributed by atoms with van der Waals surface area (Å²) in [5, 5.41) is 8.65. The molecular formula is C18H22N6O. The molecule has 0 amide bonds. The Labute approximate surface area is 146 Å². The van der Waals surface area contributed by atoms with Crippen LogP contribution >= 0.6 is 0 Å². The third-order valence-corrected chi connectivity index (χ3v) is 4.69. The third kappa shape index (κ3) is 3.46. The van der Waals surface area contributed by atoms with Crippen LogP contribution in [0.5, 0.6) is 0 Å². The van der Waals surface area contributed by atoms with Gasteiger partial charge in [0, 0.05) is 17.9 Å². The number of pyridine rings is 1. The highest BCUT2D eigenvalue weighted by Gasteiger charge is 2.27. The van der Waals surface area contributed by atoms with E-state index >= 15 is 0 Å². The van der Waals surface area contributed by atoms with Crippen molar-refractivity contribution in [2.45, 2.75) is 45.8 Å². The van der Waals surface area contributed by atoms with Gasteiger partial charge in [-0.3, -0.25) is 14.6 Å². The lowest BCUT2D eigenvalue weighted by Crippen LogP contribution is -2.33. The molecule has 130 valence electrons. The first-order chi connectivity index (χ1) is 12.2. The van der Waals surface area contributed by atoms with E-state index in [2.05, 4.69) is 42.8 Å². The summed E-state index contributed by atoms with van der Waals surface area (Å²) in [5.74, 6) is 1.19. The maximum Gasteiger partial charge on any atom is 0.241 e. The number of aryl methyl sites for hydroxylation is 2. The lowest BCUT2D eigenvalue weighted by molar-refractivity contribution is 0.191. The molecule has 0 aromatic carbocycles. The second kappa shape index (κ2) is 6.76. The zero-order chi connectivity index (χ0) is 17.2. The Hall–Kier alpha value is -2.54. The van der Waals surface area contributed by atoms with Crippen LogP contribution in [0, 0.1) is 13.8 Å². The molecule has 1 aliphatic heterocycles. The van der Waals surface area contributed by atoms with Crippen molar-refractivity contribution in [3.8, 4) is 11.5 Å². The van der Waals surface area contributed by atoms with Crippen LogP contribution in [0.1, 0.15) is 30.1 Å². The van der Waals surface area contributed by atoms with E-state index in [1.807, 2.05) is 25.1 Å². The Morgan fingerprint density at radius 3 is 2.96 bits per heavy atom. The van der Waals surface area contributed by atoms with Gasteiger partial charge in [-0.2, -0.15) is 10.1 Å². The smallest absolute Gasteiger partial charge is 0.241 e. The van der Waals surface area contributed by atoms with Crippen molar-refractivity contribution in [2.75, 3.05) is 6.54 Å². The molecule has 3 aromatic heterocycles. The fourth-order valence-electron chi connectivity index (χ4n) is 3.46. The summed E-state index contributed by atoms with van der Waals surface area (Å²) < 4.78 is 7.54. The molecule has 7 heteroatoms. The zero-order valence-corrected chi connectivity index (χ0v) is 14.6. The molecule has 0 saturated carbocycles. The Bertz CT molecular complexity index is 840. The predicted molar refractivity (Wildman–Crippen MR) is 92.7 cm³/mol. The first-order valence-electron chi connectivity index (χ1n) is 8.68. The number of aromatic nitrogens is 5. The Kier molecular flexibility index (Phi) is 4.31. The number of nitrogens with zero attached hydrogens (tertiary/aromatic N) is 6. The van der Waals surface area contributed by atoms with Gasteiger partial charge in [0.15, 0.2) is 0 Å². The van der Waals surface area contributed by atoms with E-state index in [-0.39, 0.29) is 0 Å². The number of likely N-dealkylation sites (tertiary alicyclic amines) is 1. The molecule has 0 bridgehead atoms. The van der Waals surface area contributed by atoms with Crippen LogP contribution < -0.4 is 0 Å². The van der Waals surface area contributed by atoms with E-state index in [0.29, 0.717) is 24.3 Å². The molecule has 0 aliphatic carbocycles. The van der Waals surface area contributed by atoms with Crippen LogP contribution in [-0.4, -0.2) is 42.4 Å². The quantitative estimate of drug-likeness (QED) is 0.712. The summed E-state index contributed by atoms with van der Waals surface area (Å²) in [6.45, 7) is 6.76. The molecule has 1 saturated heterocycles. The fourth-order valence-corrected chi connectivity index (χ4v) is 3.46. The predicted octanol–water partition coefficient (Wildman–Crippen LogP) is 2.61. The van der Waals surface area contributed by atoms with Gasteiger partial charge in [-0.15, -0.1) is 0 Å². The maximum absolute atomic E-state index is 5.44. The maximum atomic E-state index is 5.44. The lowest BCUT2D eigenvalue weighted by atomic mass is 10.2. The summed E-state index contributed by atoms with van der Waals surface area (Å²) in [6, 6.07) is 8.25. The molecule has 0 radical (unpaired) electrons. The van der Waals surface area contributed by atoms with Crippen LogP contribution in [0.4, 0.5) is 0 Å². The van der Waals surface area contributed by atoms with Gasteiger partial charge in [0.2, 0.25) is 11.7 Å². The van der Waals surface area contributed by atoms with E-state index in [0.717, 1.165) is 24.5 Å². The standard InChI is InChI=1S/C18H22N6O/c1-13-10-14(2)24(21-13)11-15-6-5-9-23(15)12-17-20-18(22-25-17)16-7-3-4-8-19-16/h3-4,7-8,10,15H,5-6,9,11-12H2,1-2H3/t15-/m0/s1. The van der Waals surface area contributed by atoms with Crippen LogP contribution in [0.2, 0.25) is 0 Å². The minimum atomic E-state index is 0.447. The van der Waals surface area contributed by atoms with E-state index in [1.54, 1.807) is 6.20 Å². The number of hydrogen-bond donors (Lipinski definition) is 0. The summed E-state index contributed by atoms with van der Waals surface area (Å²) in [7, 11) is 0. The Morgan fingerprint density at radius 2 is 2.20 bits per heavy atom. The van der Waals surface area contributed by atoms with E-state index in [9.17, 15) is 0 Å². The highest BCUT2D eigenvalue weighted by atomic mass is 16.5. The molecule has 1 fully saturated rings. The molecule has 1 atom stereocenters. The van der Waals surface area contributed by atoms with Crippen molar-refractivity contribution in [3.05, 3.63) is 47.7 Å². The second-order valence-corrected chi connectivity index (χ2v) is 6.60. The van der Waals surface area contributed by atoms with Crippen LogP contribution in [0.15, 0.2) is 35.0 Å². The van der Waals surface area contributed by atoms with E-state index in [1.165, 1.54) is 18.5 Å². The monoisotopic (exact) mass is 338 g/mol. The average Bonchev–Trinajstić information content (AvgIpc) is 3.32. The number of rotatable bonds is 5. The fraction of sp³-hybridized carbons (Fsp3) is 0.444. The molecule has 25 heavy (non-hydrogen) atoms. The molecule has 4 rings (SSSR count). The second-order valence-electron chi connectivity index (χ2n) is 6.60. The summed E-state index contributed by atoms with van der Waals surface area (Å²) >= 11 is 0. The summed E-state index contributed by atoms with van der Waals surface area (Å²) in [4.78, 5) is 11.2. The van der Waals surface area contributed by atoms with Gasteiger partial charge in [-0.1, -0.05) is 11.2 Å². The summed E-state index contributed by atoms with van der Waals surface area (Å²) in [5.41, 5.74) is 3.01. The van der Waals surface area contributed by atoms with Gasteiger partial charge < -0.3 is 4.52 Å². The van der Waals surface area contributed by atoms with E-state index < -0.39 is 0 Å². The minimum absolute atomic E-state index is 0.447. The largest absolute Gasteiger partial charge is 0.337 e. The Morgan fingerprint density at radius 1 is 1.28 bits per heavy atom. The van der Waals surface area contributed by atoms with Crippen molar-refractivity contribution >= 4 is 0 Å². The lowest BCUT2D eigenvalue weighted by Gasteiger charge is -2.23. The topological polar surface area (TPSA) is 72.9 Å². The highest BCUT2D eigenvalue weighted by molar-refractivity contribution is 5.46. The molecular weight excluding hydrogens is 316 g/mol. The van der Waals surface area contributed by atoms with Gasteiger partial charge in [0.05, 0.1) is 18.8 Å². The first-order valence-corrected chi connectivity index (χ1v) is 8.68. The molecule has 1 aliphatic rings. The SMILES string of the molecule is Cc1cc(C)n(C[C@@H]2CCCN2Cc2nc(-c3ccccn3)no2)n1. The van der Waals surface area contributed by atoms with Crippen molar-refractivity contribution in [2.24, 2.45) is 0 Å². The van der Waals surface area contributed by atoms with Crippen LogP contribution in [0.3, 0.4) is 0 Å². The highest BCUT2D eigenvalue weighted by Crippen LogP contribution is 2.22. The van der Waals surface area contributed by atoms with Gasteiger partial charge in [-0.05, 0) is 51.4 Å². The Balaban J connectivity index is 1.45. The van der Waals surface area contributed by atoms with Crippen molar-refractivity contribution in [1.29, 1.82) is 0 Å². The third-order valence-electron chi connectivity index (χ3n) is 4.69. The molecule has 0 unspecified atom stereocenters. The van der Waals surface area contributed by atoms with Crippen molar-refractivity contribution in [3.63, 3.8) is 0 Å². The van der Waals surface area contributed by atoms with Crippen LogP contribution in [0.25, 0.3) is 11.5 Å². The zero-order valence-electron chi connectivity index (χ0n) is 14.6. The molecule has 7 nitrogen and oxygen atoms in total. The summed E-state index contributed by atoms with van der Waals surface area (Å²) in [6.07, 6.45) is 4.08. The molecule has 4 heterocycles. The van der Waals surface area contributed by atoms with Gasteiger partial charge >= 0.3 is 0 Å². The molecule has 3 aromatic rings. The molecule has 0 spiro atoms. The minimum Gasteiger partial charge on any atom is -0.337 e. The normalized spacial score (nSPS) is 18.1. The molecule has 0 N–H and O–H groups in total. The van der Waals surface area contributed by atoms with Gasteiger partial charge in [0.1, 0.15) is 5.69 Å². The number of hydrogen-bond acceptors (Lipinski definition) is 6. The van der Waals surface area contributed by atoms with Crippen molar-refractivity contribution < 1.29 is 4.52 Å². The van der Waals surface area contributed by atoms with Crippen molar-refractivity contribution in [1.82, 2.24) is 29.8 Å². The average molecular weight is 338 g/mol. The van der Waals surface area contributed by atoms with Crippen LogP contribution in [-0.2, 0) is 13.1 Å². The first kappa shape index (κ1) is 16.0.